The summed E-state index contributed by atoms with van der Waals surface area (Å²) in [6.07, 6.45) is 0. The van der Waals surface area contributed by atoms with Gasteiger partial charge in [-0.05, 0) is 29.7 Å². The number of hydrogen-bond donors (Lipinski definition) is 2. The Bertz CT molecular complexity index is 948. The molecule has 0 fully saturated rings. The molecule has 0 aromatic heterocycles. The van der Waals surface area contributed by atoms with E-state index < -0.39 is 4.92 Å². The summed E-state index contributed by atoms with van der Waals surface area (Å²) in [5, 5.41) is 18.6. The number of nitrogens with one attached hydrogen (secondary N) is 2. The van der Waals surface area contributed by atoms with Crippen LogP contribution in [0.1, 0.15) is 15.9 Å². The minimum Gasteiger partial charge on any atom is -0.388 e. The Hall–Kier alpha value is -3.41. The van der Waals surface area contributed by atoms with Gasteiger partial charge in [-0.15, -0.1) is 0 Å². The van der Waals surface area contributed by atoms with Crippen molar-refractivity contribution in [3.8, 4) is 0 Å². The smallest absolute Gasteiger partial charge is 0.255 e. The van der Waals surface area contributed by atoms with Crippen LogP contribution in [-0.2, 0) is 6.54 Å². The summed E-state index contributed by atoms with van der Waals surface area (Å²) in [6, 6.07) is 18.3. The highest BCUT2D eigenvalue weighted by molar-refractivity contribution is 6.09. The van der Waals surface area contributed by atoms with Crippen LogP contribution in [0.3, 0.4) is 0 Å². The van der Waals surface area contributed by atoms with Gasteiger partial charge in [0.15, 0.2) is 0 Å². The molecule has 0 aliphatic heterocycles. The van der Waals surface area contributed by atoms with Gasteiger partial charge in [0, 0.05) is 39.9 Å². The van der Waals surface area contributed by atoms with E-state index in [0.29, 0.717) is 22.5 Å². The Balaban J connectivity index is 1.91. The number of carbonyl (C=O) groups excluding carboxylic acids is 1. The predicted molar refractivity (Wildman–Crippen MR) is 98.6 cm³/mol. The number of anilines is 2. The average Bonchev–Trinajstić information content (AvgIpc) is 2.61. The lowest BCUT2D eigenvalue weighted by atomic mass is 10.1. The minimum atomic E-state index is -0.414. The van der Waals surface area contributed by atoms with Crippen molar-refractivity contribution in [3.05, 3.63) is 81.9 Å². The maximum absolute atomic E-state index is 12.6. The van der Waals surface area contributed by atoms with E-state index in [1.165, 1.54) is 0 Å². The Morgan fingerprint density at radius 1 is 1.04 bits per heavy atom. The molecule has 0 unspecified atom stereocenters. The molecular formula is C19H17N3O3. The number of amides is 1. The molecule has 3 rings (SSSR count). The van der Waals surface area contributed by atoms with Crippen molar-refractivity contribution in [1.29, 1.82) is 0 Å². The molecule has 0 radical (unpaired) electrons. The van der Waals surface area contributed by atoms with Crippen molar-refractivity contribution >= 4 is 28.1 Å². The van der Waals surface area contributed by atoms with E-state index in [0.717, 1.165) is 10.8 Å². The quantitative estimate of drug-likeness (QED) is 0.547. The largest absolute Gasteiger partial charge is 0.388 e. The van der Waals surface area contributed by atoms with E-state index in [1.807, 2.05) is 42.5 Å². The highest BCUT2D eigenvalue weighted by Crippen LogP contribution is 2.24. The highest BCUT2D eigenvalue weighted by Gasteiger charge is 2.13. The molecule has 126 valence electrons. The molecule has 0 heterocycles. The molecule has 0 aliphatic rings. The van der Waals surface area contributed by atoms with E-state index in [2.05, 4.69) is 10.6 Å². The standard InChI is InChI=1S/C19H17N3O3/c1-20-17-10-9-14(11-15(17)12-22(24)25)19(23)21-18-8-4-6-13-5-2-3-7-16(13)18/h2-11,20H,12H2,1H3,(H,21,23). The van der Waals surface area contributed by atoms with E-state index >= 15 is 0 Å². The fourth-order valence-corrected chi connectivity index (χ4v) is 2.78. The first kappa shape index (κ1) is 16.4. The molecular weight excluding hydrogens is 318 g/mol. The lowest BCUT2D eigenvalue weighted by Gasteiger charge is -2.11. The van der Waals surface area contributed by atoms with Crippen molar-refractivity contribution in [3.63, 3.8) is 0 Å². The van der Waals surface area contributed by atoms with Crippen LogP contribution < -0.4 is 10.6 Å². The van der Waals surface area contributed by atoms with Gasteiger partial charge < -0.3 is 10.6 Å². The normalized spacial score (nSPS) is 10.4. The summed E-state index contributed by atoms with van der Waals surface area (Å²) in [4.78, 5) is 23.0. The lowest BCUT2D eigenvalue weighted by Crippen LogP contribution is -2.13. The molecule has 0 aliphatic carbocycles. The SMILES string of the molecule is CNc1ccc(C(=O)Nc2cccc3ccccc23)cc1C[N+](=O)[O-]. The van der Waals surface area contributed by atoms with Gasteiger partial charge in [-0.25, -0.2) is 0 Å². The maximum atomic E-state index is 12.6. The second kappa shape index (κ2) is 7.00. The lowest BCUT2D eigenvalue weighted by molar-refractivity contribution is -0.496. The molecule has 2 N–H and O–H groups in total. The number of nitrogens with zero attached hydrogens (tertiary/aromatic N) is 1. The van der Waals surface area contributed by atoms with Crippen LogP contribution in [0.4, 0.5) is 11.4 Å². The van der Waals surface area contributed by atoms with Crippen molar-refractivity contribution in [2.45, 2.75) is 6.54 Å². The molecule has 0 atom stereocenters. The molecule has 6 heteroatoms. The Morgan fingerprint density at radius 2 is 1.80 bits per heavy atom. The Labute approximate surface area is 144 Å². The topological polar surface area (TPSA) is 84.3 Å². The molecule has 3 aromatic carbocycles. The second-order valence-electron chi connectivity index (χ2n) is 5.59. The molecule has 1 amide bonds. The Kier molecular flexibility index (Phi) is 4.61. The number of benzene rings is 3. The molecule has 25 heavy (non-hydrogen) atoms. The van der Waals surface area contributed by atoms with Crippen LogP contribution in [0.5, 0.6) is 0 Å². The van der Waals surface area contributed by atoms with Gasteiger partial charge in [-0.3, -0.25) is 14.9 Å². The summed E-state index contributed by atoms with van der Waals surface area (Å²) >= 11 is 0. The van der Waals surface area contributed by atoms with Crippen LogP contribution >= 0.6 is 0 Å². The molecule has 0 saturated carbocycles. The van der Waals surface area contributed by atoms with Gasteiger partial charge >= 0.3 is 0 Å². The van der Waals surface area contributed by atoms with Crippen molar-refractivity contribution in [2.24, 2.45) is 0 Å². The van der Waals surface area contributed by atoms with Crippen LogP contribution in [0.25, 0.3) is 10.8 Å². The van der Waals surface area contributed by atoms with Crippen LogP contribution in [-0.4, -0.2) is 17.9 Å². The minimum absolute atomic E-state index is 0.302. The number of carbonyl (C=O) groups is 1. The van der Waals surface area contributed by atoms with Crippen LogP contribution in [0.15, 0.2) is 60.7 Å². The van der Waals surface area contributed by atoms with Gasteiger partial charge in [0.1, 0.15) is 0 Å². The zero-order valence-electron chi connectivity index (χ0n) is 13.7. The zero-order chi connectivity index (χ0) is 17.8. The van der Waals surface area contributed by atoms with E-state index in [9.17, 15) is 14.9 Å². The third kappa shape index (κ3) is 3.58. The summed E-state index contributed by atoms with van der Waals surface area (Å²) in [7, 11) is 1.69. The average molecular weight is 335 g/mol. The summed E-state index contributed by atoms with van der Waals surface area (Å²) in [6.45, 7) is -0.342. The van der Waals surface area contributed by atoms with Gasteiger partial charge in [0.25, 0.3) is 5.91 Å². The number of hydrogen-bond acceptors (Lipinski definition) is 4. The zero-order valence-corrected chi connectivity index (χ0v) is 13.7. The molecule has 0 spiro atoms. The third-order valence-corrected chi connectivity index (χ3v) is 3.97. The second-order valence-corrected chi connectivity index (χ2v) is 5.59. The Morgan fingerprint density at radius 3 is 2.56 bits per heavy atom. The van der Waals surface area contributed by atoms with E-state index in [4.69, 9.17) is 0 Å². The van der Waals surface area contributed by atoms with Crippen molar-refractivity contribution < 1.29 is 9.72 Å². The number of rotatable bonds is 5. The fourth-order valence-electron chi connectivity index (χ4n) is 2.78. The van der Waals surface area contributed by atoms with E-state index in [-0.39, 0.29) is 12.5 Å². The third-order valence-electron chi connectivity index (χ3n) is 3.97. The first-order valence-corrected chi connectivity index (χ1v) is 7.80. The number of fused-ring (bicyclic) bond motifs is 1. The first-order valence-electron chi connectivity index (χ1n) is 7.80. The van der Waals surface area contributed by atoms with Crippen LogP contribution in [0.2, 0.25) is 0 Å². The molecule has 0 saturated heterocycles. The van der Waals surface area contributed by atoms with Gasteiger partial charge in [-0.2, -0.15) is 0 Å². The number of nitro groups is 1. The van der Waals surface area contributed by atoms with Crippen LogP contribution in [0, 0.1) is 10.1 Å². The van der Waals surface area contributed by atoms with E-state index in [1.54, 1.807) is 25.2 Å². The maximum Gasteiger partial charge on any atom is 0.255 e. The van der Waals surface area contributed by atoms with Gasteiger partial charge in [0.2, 0.25) is 6.54 Å². The first-order chi connectivity index (χ1) is 12.1. The predicted octanol–water partition coefficient (Wildman–Crippen LogP) is 3.91. The van der Waals surface area contributed by atoms with Gasteiger partial charge in [0.05, 0.1) is 0 Å². The molecule has 6 nitrogen and oxygen atoms in total. The summed E-state index contributed by atoms with van der Waals surface area (Å²) in [5.41, 5.74) is 2.19. The monoisotopic (exact) mass is 335 g/mol. The molecule has 0 bridgehead atoms. The highest BCUT2D eigenvalue weighted by atomic mass is 16.6. The summed E-state index contributed by atoms with van der Waals surface area (Å²) < 4.78 is 0. The van der Waals surface area contributed by atoms with Gasteiger partial charge in [-0.1, -0.05) is 36.4 Å². The van der Waals surface area contributed by atoms with Crippen molar-refractivity contribution in [2.75, 3.05) is 17.7 Å². The fraction of sp³-hybridized carbons (Fsp3) is 0.105. The van der Waals surface area contributed by atoms with Crippen molar-refractivity contribution in [1.82, 2.24) is 0 Å². The molecule has 3 aromatic rings. The summed E-state index contributed by atoms with van der Waals surface area (Å²) in [5.74, 6) is -0.302.